The molecule has 0 saturated heterocycles. The summed E-state index contributed by atoms with van der Waals surface area (Å²) in [5, 5.41) is 1.07. The fourth-order valence-corrected chi connectivity index (χ4v) is 2.15. The van der Waals surface area contributed by atoms with Crippen molar-refractivity contribution in [1.29, 1.82) is 0 Å². The highest BCUT2D eigenvalue weighted by atomic mass is 32.1. The molecule has 1 aromatic carbocycles. The number of fused-ring (bicyclic) bond motifs is 1. The number of nitrogens with two attached hydrogens (primary N) is 1. The number of carbonyl (C=O) groups is 1. The van der Waals surface area contributed by atoms with E-state index < -0.39 is 0 Å². The van der Waals surface area contributed by atoms with Crippen LogP contribution in [0, 0.1) is 0 Å². The van der Waals surface area contributed by atoms with E-state index in [1.165, 1.54) is 0 Å². The number of carbonyl (C=O) groups excluding carboxylic acids is 1. The molecule has 106 valence electrons. The summed E-state index contributed by atoms with van der Waals surface area (Å²) in [5.74, 6) is 0.0817. The van der Waals surface area contributed by atoms with E-state index in [2.05, 4.69) is 0 Å². The largest absolute Gasteiger partial charge is 0.389 e. The molecule has 2 aromatic rings. The maximum Gasteiger partial charge on any atom is 0.242 e. The molecule has 0 aliphatic carbocycles. The number of hydrogen-bond donors (Lipinski definition) is 1. The Kier molecular flexibility index (Phi) is 4.09. The van der Waals surface area contributed by atoms with Crippen molar-refractivity contribution in [2.75, 3.05) is 7.05 Å². The molecule has 0 aliphatic rings. The van der Waals surface area contributed by atoms with Crippen LogP contribution in [0.1, 0.15) is 19.4 Å². The first-order valence-corrected chi connectivity index (χ1v) is 6.95. The number of hydrogen-bond acceptors (Lipinski definition) is 2. The Labute approximate surface area is 124 Å². The Morgan fingerprint density at radius 3 is 2.70 bits per heavy atom. The lowest BCUT2D eigenvalue weighted by atomic mass is 10.1. The van der Waals surface area contributed by atoms with Gasteiger partial charge in [0.2, 0.25) is 5.91 Å². The van der Waals surface area contributed by atoms with Crippen LogP contribution in [0.5, 0.6) is 0 Å². The van der Waals surface area contributed by atoms with E-state index in [4.69, 9.17) is 18.0 Å². The molecule has 1 amide bonds. The van der Waals surface area contributed by atoms with Gasteiger partial charge < -0.3 is 15.2 Å². The number of benzene rings is 1. The first-order chi connectivity index (χ1) is 9.40. The lowest BCUT2D eigenvalue weighted by Crippen LogP contribution is -2.35. The second-order valence-electron chi connectivity index (χ2n) is 5.18. The SMILES string of the molecule is CC(C)N(C)C(=O)Cn1ccc2ccc(C(N)=S)cc21. The number of thiocarbonyl (C=S) groups is 1. The van der Waals surface area contributed by atoms with Gasteiger partial charge in [-0.15, -0.1) is 0 Å². The average molecular weight is 289 g/mol. The fourth-order valence-electron chi connectivity index (χ4n) is 2.02. The fraction of sp³-hybridized carbons (Fsp3) is 0.333. The van der Waals surface area contributed by atoms with E-state index in [1.54, 1.807) is 4.90 Å². The summed E-state index contributed by atoms with van der Waals surface area (Å²) in [6, 6.07) is 7.98. The zero-order chi connectivity index (χ0) is 14.9. The third-order valence-corrected chi connectivity index (χ3v) is 3.77. The Morgan fingerprint density at radius 2 is 2.10 bits per heavy atom. The van der Waals surface area contributed by atoms with Crippen molar-refractivity contribution in [3.8, 4) is 0 Å². The number of aromatic nitrogens is 1. The molecular formula is C15H19N3OS. The van der Waals surface area contributed by atoms with Gasteiger partial charge in [-0.3, -0.25) is 4.79 Å². The van der Waals surface area contributed by atoms with Crippen LogP contribution in [-0.2, 0) is 11.3 Å². The van der Waals surface area contributed by atoms with E-state index in [1.807, 2.05) is 55.9 Å². The van der Waals surface area contributed by atoms with Crippen molar-refractivity contribution in [2.45, 2.75) is 26.4 Å². The minimum absolute atomic E-state index is 0.0817. The predicted octanol–water partition coefficient (Wildman–Crippen LogP) is 2.14. The van der Waals surface area contributed by atoms with E-state index >= 15 is 0 Å². The summed E-state index contributed by atoms with van der Waals surface area (Å²) >= 11 is 5.00. The zero-order valence-electron chi connectivity index (χ0n) is 12.0. The monoisotopic (exact) mass is 289 g/mol. The second kappa shape index (κ2) is 5.63. The van der Waals surface area contributed by atoms with Crippen LogP contribution in [0.2, 0.25) is 0 Å². The van der Waals surface area contributed by atoms with Crippen LogP contribution in [0.4, 0.5) is 0 Å². The lowest BCUT2D eigenvalue weighted by molar-refractivity contribution is -0.131. The van der Waals surface area contributed by atoms with Crippen molar-refractivity contribution in [3.63, 3.8) is 0 Å². The predicted molar refractivity (Wildman–Crippen MR) is 85.7 cm³/mol. The smallest absolute Gasteiger partial charge is 0.242 e. The first kappa shape index (κ1) is 14.5. The Hall–Kier alpha value is -1.88. The van der Waals surface area contributed by atoms with E-state index in [0.29, 0.717) is 11.5 Å². The highest BCUT2D eigenvalue weighted by Crippen LogP contribution is 2.18. The molecule has 0 spiro atoms. The maximum absolute atomic E-state index is 12.2. The van der Waals surface area contributed by atoms with Crippen LogP contribution in [0.15, 0.2) is 30.5 Å². The van der Waals surface area contributed by atoms with E-state index in [0.717, 1.165) is 16.5 Å². The molecule has 0 bridgehead atoms. The summed E-state index contributed by atoms with van der Waals surface area (Å²) in [6.07, 6.45) is 1.92. The van der Waals surface area contributed by atoms with Crippen LogP contribution in [0.3, 0.4) is 0 Å². The summed E-state index contributed by atoms with van der Waals surface area (Å²) in [6.45, 7) is 4.31. The second-order valence-corrected chi connectivity index (χ2v) is 5.62. The lowest BCUT2D eigenvalue weighted by Gasteiger charge is -2.21. The topological polar surface area (TPSA) is 51.3 Å². The van der Waals surface area contributed by atoms with Crippen LogP contribution < -0.4 is 5.73 Å². The van der Waals surface area contributed by atoms with Gasteiger partial charge in [0.1, 0.15) is 11.5 Å². The van der Waals surface area contributed by atoms with Crippen LogP contribution in [0.25, 0.3) is 10.9 Å². The van der Waals surface area contributed by atoms with Crippen LogP contribution >= 0.6 is 12.2 Å². The van der Waals surface area contributed by atoms with Crippen molar-refractivity contribution in [3.05, 3.63) is 36.0 Å². The molecular weight excluding hydrogens is 270 g/mol. The van der Waals surface area contributed by atoms with Gasteiger partial charge in [-0.2, -0.15) is 0 Å². The van der Waals surface area contributed by atoms with Crippen molar-refractivity contribution in [1.82, 2.24) is 9.47 Å². The van der Waals surface area contributed by atoms with E-state index in [-0.39, 0.29) is 11.9 Å². The first-order valence-electron chi connectivity index (χ1n) is 6.54. The molecule has 1 aromatic heterocycles. The maximum atomic E-state index is 12.2. The molecule has 4 nitrogen and oxygen atoms in total. The zero-order valence-corrected chi connectivity index (χ0v) is 12.8. The Balaban J connectivity index is 2.33. The van der Waals surface area contributed by atoms with Crippen molar-refractivity contribution < 1.29 is 4.79 Å². The van der Waals surface area contributed by atoms with Gasteiger partial charge in [0.05, 0.1) is 0 Å². The quantitative estimate of drug-likeness (QED) is 0.877. The molecule has 2 N–H and O–H groups in total. The molecule has 2 rings (SSSR count). The van der Waals surface area contributed by atoms with Gasteiger partial charge >= 0.3 is 0 Å². The molecule has 5 heteroatoms. The number of likely N-dealkylation sites (N-methyl/N-ethyl adjacent to an activating group) is 1. The summed E-state index contributed by atoms with van der Waals surface area (Å²) in [4.78, 5) is 14.3. The molecule has 0 radical (unpaired) electrons. The van der Waals surface area contributed by atoms with Crippen LogP contribution in [-0.4, -0.2) is 33.5 Å². The standard InChI is InChI=1S/C15H19N3OS/c1-10(2)17(3)14(19)9-18-7-6-11-4-5-12(15(16)20)8-13(11)18/h4-8,10H,9H2,1-3H3,(H2,16,20). The molecule has 0 atom stereocenters. The molecule has 0 saturated carbocycles. The number of nitrogens with zero attached hydrogens (tertiary/aromatic N) is 2. The third-order valence-electron chi connectivity index (χ3n) is 3.53. The summed E-state index contributed by atoms with van der Waals surface area (Å²) in [5.41, 5.74) is 7.45. The van der Waals surface area contributed by atoms with Gasteiger partial charge in [-0.25, -0.2) is 0 Å². The highest BCUT2D eigenvalue weighted by Gasteiger charge is 2.13. The summed E-state index contributed by atoms with van der Waals surface area (Å²) in [7, 11) is 1.82. The van der Waals surface area contributed by atoms with Crippen molar-refractivity contribution in [2.24, 2.45) is 5.73 Å². The molecule has 0 fully saturated rings. The third kappa shape index (κ3) is 2.82. The molecule has 0 unspecified atom stereocenters. The van der Waals surface area contributed by atoms with Gasteiger partial charge in [0.25, 0.3) is 0 Å². The van der Waals surface area contributed by atoms with Crippen molar-refractivity contribution >= 4 is 34.0 Å². The van der Waals surface area contributed by atoms with E-state index in [9.17, 15) is 4.79 Å². The Morgan fingerprint density at radius 1 is 1.40 bits per heavy atom. The minimum Gasteiger partial charge on any atom is -0.389 e. The Bertz CT molecular complexity index is 660. The van der Waals surface area contributed by atoms with Gasteiger partial charge in [-0.1, -0.05) is 24.4 Å². The number of rotatable bonds is 4. The number of amides is 1. The molecule has 20 heavy (non-hydrogen) atoms. The molecule has 0 aliphatic heterocycles. The molecule has 1 heterocycles. The highest BCUT2D eigenvalue weighted by molar-refractivity contribution is 7.80. The minimum atomic E-state index is 0.0817. The van der Waals surface area contributed by atoms with Gasteiger partial charge in [0.15, 0.2) is 0 Å². The normalized spacial score (nSPS) is 11.0. The van der Waals surface area contributed by atoms with Gasteiger partial charge in [0, 0.05) is 30.4 Å². The summed E-state index contributed by atoms with van der Waals surface area (Å²) < 4.78 is 1.93. The van der Waals surface area contributed by atoms with Gasteiger partial charge in [-0.05, 0) is 31.4 Å². The average Bonchev–Trinajstić information content (AvgIpc) is 2.80.